The summed E-state index contributed by atoms with van der Waals surface area (Å²) in [4.78, 5) is 284. The van der Waals surface area contributed by atoms with Gasteiger partial charge in [0.1, 0.15) is 96.4 Å². The summed E-state index contributed by atoms with van der Waals surface area (Å²) >= 11 is 11.1. The first-order chi connectivity index (χ1) is 68.4. The van der Waals surface area contributed by atoms with Crippen LogP contribution in [0, 0.1) is 11.8 Å². The average molecular weight is 2080 g/mol. The Morgan fingerprint density at radius 3 is 1.13 bits per heavy atom. The monoisotopic (exact) mass is 2080 g/mol. The van der Waals surface area contributed by atoms with Crippen LogP contribution < -0.4 is 103 Å². The second kappa shape index (κ2) is 60.8. The Bertz CT molecular complexity index is 5430. The van der Waals surface area contributed by atoms with Gasteiger partial charge in [0.15, 0.2) is 0 Å². The minimum absolute atomic E-state index is 0.0221. The van der Waals surface area contributed by atoms with Crippen molar-refractivity contribution >= 4 is 189 Å². The van der Waals surface area contributed by atoms with Crippen LogP contribution in [-0.2, 0) is 122 Å². The maximum Gasteiger partial charge on any atom is 0.326 e. The molecule has 6 aromatic rings. The number of carboxylic acids is 3. The predicted molar refractivity (Wildman–Crippen MR) is 540 cm³/mol. The van der Waals surface area contributed by atoms with E-state index in [0.29, 0.717) is 38.5 Å². The number of para-hydroxylation sites is 2. The van der Waals surface area contributed by atoms with Gasteiger partial charge in [0.2, 0.25) is 100 Å². The number of aromatic hydroxyl groups is 1. The van der Waals surface area contributed by atoms with Crippen molar-refractivity contribution in [3.05, 3.63) is 138 Å². The first-order valence-corrected chi connectivity index (χ1v) is 50.4. The van der Waals surface area contributed by atoms with Gasteiger partial charge in [0, 0.05) is 84.2 Å². The number of benzene rings is 4. The third-order valence-electron chi connectivity index (χ3n) is 22.8. The SMILES string of the molecule is CSCC[C@H](NC(=O)[C@H](CC(N)=O)NC(=O)[C@H](CS)NC(=O)[C@H](CCSC)NC(=O)[C@H](Cc1c[nH]c2ccccc12)NC(=O)[C@H](CCC(N)=O)NC(=O)[C@H](CO)NC(=O)[C@H](CCCCN)NC(=O)[C@H](Cc1ccccc1)NC(=O)[C@H](Cc1ccc(O)cc1)NC(=O)[C@H](CCC(=O)O)NC(=O)[C@H](CS)NC(=O)[C@@H](NC(=O)[C@H](Cc1c[nH]c2ccccc12)NC(=O)[C@@H](N)CC(=O)O)C(C)C)C(=O)N[C@@H](CC(C)C)C(=O)O. The highest BCUT2D eigenvalue weighted by Gasteiger charge is 2.41. The zero-order valence-corrected chi connectivity index (χ0v) is 83.8. The molecule has 0 saturated heterocycles. The van der Waals surface area contributed by atoms with Crippen molar-refractivity contribution in [2.45, 2.75) is 227 Å². The van der Waals surface area contributed by atoms with Crippen molar-refractivity contribution in [1.29, 1.82) is 0 Å². The number of carbonyl (C=O) groups is 20. The minimum Gasteiger partial charge on any atom is -0.508 e. The van der Waals surface area contributed by atoms with E-state index in [-0.39, 0.29) is 93.1 Å². The third-order valence-corrected chi connectivity index (χ3v) is 24.9. The number of carboxylic acid groups (broad SMARTS) is 3. The molecule has 0 aliphatic carbocycles. The number of phenolic OH excluding ortho intramolecular Hbond substituents is 1. The number of aromatic amines is 2. The van der Waals surface area contributed by atoms with Gasteiger partial charge < -0.3 is 138 Å². The molecule has 6 rings (SSSR count). The first kappa shape index (κ1) is 119. The molecule has 0 unspecified atom stereocenters. The zero-order valence-electron chi connectivity index (χ0n) is 80.3. The van der Waals surface area contributed by atoms with Gasteiger partial charge in [-0.15, -0.1) is 0 Å². The molecule has 0 spiro atoms. The fourth-order valence-corrected chi connectivity index (χ4v) is 16.5. The lowest BCUT2D eigenvalue weighted by molar-refractivity contribution is -0.143. The van der Waals surface area contributed by atoms with Crippen molar-refractivity contribution in [3.8, 4) is 5.75 Å². The van der Waals surface area contributed by atoms with Crippen LogP contribution in [0.15, 0.2) is 116 Å². The highest BCUT2D eigenvalue weighted by Crippen LogP contribution is 2.24. The molecular formula is C94H131N21O25S4. The maximum absolute atomic E-state index is 15.2. The van der Waals surface area contributed by atoms with Gasteiger partial charge in [0.05, 0.1) is 25.5 Å². The number of unbranched alkanes of at least 4 members (excludes halogenated alkanes) is 1. The lowest BCUT2D eigenvalue weighted by Gasteiger charge is -2.29. The van der Waals surface area contributed by atoms with E-state index < -0.39 is 284 Å². The number of thiol groups is 2. The summed E-state index contributed by atoms with van der Waals surface area (Å²) in [5, 5.41) is 89.3. The molecule has 0 radical (unpaired) electrons. The van der Waals surface area contributed by atoms with Gasteiger partial charge >= 0.3 is 17.9 Å². The molecule has 0 bridgehead atoms. The summed E-state index contributed by atoms with van der Waals surface area (Å²) in [7, 11) is 0. The number of H-pyrrole nitrogens is 2. The van der Waals surface area contributed by atoms with Crippen LogP contribution in [0.2, 0.25) is 0 Å². The van der Waals surface area contributed by atoms with Crippen molar-refractivity contribution in [3.63, 3.8) is 0 Å². The molecular weight excluding hydrogens is 1950 g/mol. The van der Waals surface area contributed by atoms with Crippen molar-refractivity contribution in [2.24, 2.45) is 34.8 Å². The highest BCUT2D eigenvalue weighted by atomic mass is 32.2. The number of aliphatic hydroxyl groups excluding tert-OH is 1. The molecule has 17 amide bonds. The highest BCUT2D eigenvalue weighted by molar-refractivity contribution is 7.98. The van der Waals surface area contributed by atoms with Gasteiger partial charge in [0.25, 0.3) is 0 Å². The number of rotatable bonds is 65. The lowest BCUT2D eigenvalue weighted by Crippen LogP contribution is -2.62. The molecule has 786 valence electrons. The number of nitrogens with two attached hydrogens (primary N) is 4. The Labute approximate surface area is 849 Å². The molecule has 4 aromatic carbocycles. The van der Waals surface area contributed by atoms with Gasteiger partial charge in [-0.1, -0.05) is 107 Å². The van der Waals surface area contributed by atoms with E-state index in [1.54, 1.807) is 131 Å². The van der Waals surface area contributed by atoms with Crippen molar-refractivity contribution < 1.29 is 121 Å². The average Bonchev–Trinajstić information content (AvgIpc) is 1.74. The number of thioether (sulfide) groups is 2. The standard InChI is InChI=1S/C94H131N21O25S4/c1-48(2)36-70(94(139)140)111-83(128)63(31-34-143-5)105-88(133)69(42-75(98)119)110-92(137)72(46-141)113-84(129)64(32-35-144-6)104-87(132)67(39-52-43-99-58-20-12-10-18-55(52)58)109-81(126)61(27-29-74(97)118)102-90(135)71(45-116)112-80(125)60(22-14-15-33-95)101-85(130)65(37-50-16-8-7-9-17-50)108-86(131)66(38-51-23-25-54(117)26-24-51)107-82(127)62(28-30-76(120)121)103-91(136)73(47-142)114-93(138)78(49(3)4)115-89(134)68(106-79(124)57(96)41-77(122)123)40-53-44-100-59-21-13-11-19-56(53)59/h7-13,16-21,23-26,43-44,48-49,57,60-73,78,99-100,116-117,141-142H,14-15,22,27-42,45-47,95-96H2,1-6H3,(H2,97,118)(H2,98,119)(H,101,130)(H,102,135)(H,103,136)(H,104,132)(H,105,133)(H,106,124)(H,107,127)(H,108,131)(H,109,126)(H,110,137)(H,111,128)(H,112,125)(H,113,129)(H,114,138)(H,115,134)(H,120,121)(H,122,123)(H,139,140)/t57-,60-,61-,62-,63-,64-,65-,66-,67-,68-,69-,70-,71-,72-,73-,78-/m0/s1. The number of aromatic nitrogens is 2. The number of hydrogen-bond acceptors (Lipinski definition) is 28. The van der Waals surface area contributed by atoms with E-state index in [0.717, 1.165) is 0 Å². The molecule has 0 saturated carbocycles. The molecule has 0 aliphatic rings. The first-order valence-electron chi connectivity index (χ1n) is 46.4. The third kappa shape index (κ3) is 39.6. The molecule has 46 nitrogen and oxygen atoms in total. The van der Waals surface area contributed by atoms with Crippen LogP contribution >= 0.6 is 48.8 Å². The Morgan fingerprint density at radius 1 is 0.368 bits per heavy atom. The number of amides is 17. The second-order valence-electron chi connectivity index (χ2n) is 34.9. The quantitative estimate of drug-likeness (QED) is 0.0133. The number of carbonyl (C=O) groups excluding carboxylic acids is 17. The van der Waals surface area contributed by atoms with Crippen LogP contribution in [0.3, 0.4) is 0 Å². The summed E-state index contributed by atoms with van der Waals surface area (Å²) in [6.07, 6.45) is 0.909. The summed E-state index contributed by atoms with van der Waals surface area (Å²) in [5.41, 5.74) is 25.8. The molecule has 2 aromatic heterocycles. The van der Waals surface area contributed by atoms with Gasteiger partial charge in [-0.25, -0.2) is 4.79 Å². The Kier molecular flexibility index (Phi) is 50.3. The maximum atomic E-state index is 15.2. The van der Waals surface area contributed by atoms with Crippen molar-refractivity contribution in [1.82, 2.24) is 89.7 Å². The van der Waals surface area contributed by atoms with E-state index in [1.807, 2.05) is 0 Å². The van der Waals surface area contributed by atoms with Crippen LogP contribution in [0.5, 0.6) is 5.75 Å². The van der Waals surface area contributed by atoms with Gasteiger partial charge in [-0.05, 0) is 140 Å². The van der Waals surface area contributed by atoms with Crippen LogP contribution in [0.25, 0.3) is 21.8 Å². The summed E-state index contributed by atoms with van der Waals surface area (Å²) < 4.78 is 0. The van der Waals surface area contributed by atoms with E-state index in [4.69, 9.17) is 22.9 Å². The molecule has 0 fully saturated rings. The zero-order chi connectivity index (χ0) is 107. The normalized spacial score (nSPS) is 14.6. The van der Waals surface area contributed by atoms with E-state index in [9.17, 15) is 107 Å². The Morgan fingerprint density at radius 2 is 0.722 bits per heavy atom. The van der Waals surface area contributed by atoms with E-state index in [2.05, 4.69) is 115 Å². The van der Waals surface area contributed by atoms with Crippen LogP contribution in [0.4, 0.5) is 0 Å². The predicted octanol–water partition coefficient (Wildman–Crippen LogP) is -3.02. The molecule has 0 aliphatic heterocycles. The lowest BCUT2D eigenvalue weighted by atomic mass is 10.00. The molecule has 16 atom stereocenters. The number of primary amides is 2. The Hall–Kier alpha value is -13.6. The number of hydrogen-bond donors (Lipinski definition) is 28. The van der Waals surface area contributed by atoms with Crippen LogP contribution in [0.1, 0.15) is 127 Å². The van der Waals surface area contributed by atoms with Gasteiger partial charge in [-0.3, -0.25) is 91.1 Å². The molecule has 144 heavy (non-hydrogen) atoms. The van der Waals surface area contributed by atoms with Crippen molar-refractivity contribution in [2.75, 3.05) is 48.7 Å². The second-order valence-corrected chi connectivity index (χ2v) is 37.7. The van der Waals surface area contributed by atoms with Crippen LogP contribution in [-0.4, -0.2) is 299 Å². The topological polar surface area (TPSA) is 759 Å². The summed E-state index contributed by atoms with van der Waals surface area (Å²) in [6, 6.07) is 0.813. The fraction of sp³-hybridized carbons (Fsp3) is 0.489. The van der Waals surface area contributed by atoms with E-state index in [1.165, 1.54) is 47.8 Å². The molecule has 30 N–H and O–H groups in total. The Balaban J connectivity index is 1.24. The number of phenols is 1. The smallest absolute Gasteiger partial charge is 0.326 e. The number of nitrogens with one attached hydrogen (secondary N) is 17. The fourth-order valence-electron chi connectivity index (χ4n) is 15.0. The summed E-state index contributed by atoms with van der Waals surface area (Å²) in [5.74, 6) is -24.0. The largest absolute Gasteiger partial charge is 0.508 e. The number of aliphatic hydroxyl groups is 1. The van der Waals surface area contributed by atoms with E-state index >= 15 is 14.4 Å². The number of aliphatic carboxylic acids is 3. The molecule has 50 heteroatoms. The molecule has 2 heterocycles. The number of fused-ring (bicyclic) bond motifs is 2. The summed E-state index contributed by atoms with van der Waals surface area (Å²) in [6.45, 7) is 5.42. The minimum atomic E-state index is -2.00. The van der Waals surface area contributed by atoms with Gasteiger partial charge in [-0.2, -0.15) is 48.8 Å².